The van der Waals surface area contributed by atoms with Gasteiger partial charge in [0.2, 0.25) is 0 Å². The van der Waals surface area contributed by atoms with Crippen LogP contribution in [0.15, 0.2) is 30.3 Å². The maximum absolute atomic E-state index is 9.00. The summed E-state index contributed by atoms with van der Waals surface area (Å²) in [6.07, 6.45) is 15.1. The van der Waals surface area contributed by atoms with E-state index in [-0.39, 0.29) is 9.90 Å². The molecule has 1 unspecified atom stereocenters. The van der Waals surface area contributed by atoms with E-state index >= 15 is 0 Å². The van der Waals surface area contributed by atoms with Crippen LogP contribution in [0.25, 0.3) is 0 Å². The Bertz CT molecular complexity index is 503. The first-order chi connectivity index (χ1) is 12.9. The van der Waals surface area contributed by atoms with Crippen molar-refractivity contribution in [2.24, 2.45) is 0 Å². The van der Waals surface area contributed by atoms with Gasteiger partial charge in [0.25, 0.3) is 11.9 Å². The Kier molecular flexibility index (Phi) is 15.7. The molecule has 165 valence electrons. The summed E-state index contributed by atoms with van der Waals surface area (Å²) in [7, 11) is 0. The van der Waals surface area contributed by atoms with Crippen molar-refractivity contribution in [2.45, 2.75) is 86.8 Å². The molecule has 0 amide bonds. The molecular formula is C22H38O4PPd. The summed E-state index contributed by atoms with van der Waals surface area (Å²) >= 11 is -0.496. The van der Waals surface area contributed by atoms with Crippen LogP contribution in [-0.2, 0) is 26.3 Å². The monoisotopic (exact) mass is 503 g/mol. The zero-order valence-electron chi connectivity index (χ0n) is 17.3. The molecule has 0 radical (unpaired) electrons. The molecule has 0 spiro atoms. The molecule has 4 nitrogen and oxygen atoms in total. The molecule has 0 heterocycles. The molecule has 2 aliphatic carbocycles. The summed E-state index contributed by atoms with van der Waals surface area (Å²) in [5.74, 6) is -1.67. The minimum atomic E-state index is -0.833. The van der Waals surface area contributed by atoms with Gasteiger partial charge in [-0.1, -0.05) is 0 Å². The van der Waals surface area contributed by atoms with Crippen LogP contribution in [-0.4, -0.2) is 22.2 Å². The molecule has 1 aromatic carbocycles. The Balaban J connectivity index is 0.000000697. The molecule has 2 saturated carbocycles. The average Bonchev–Trinajstić information content (AvgIpc) is 2.64. The molecule has 0 aliphatic heterocycles. The quantitative estimate of drug-likeness (QED) is 0.411. The van der Waals surface area contributed by atoms with Crippen LogP contribution in [0.2, 0.25) is 8.78 Å². The normalized spacial score (nSPS) is 17.6. The van der Waals surface area contributed by atoms with Crippen molar-refractivity contribution in [1.82, 2.24) is 0 Å². The number of rotatable bonds is 3. The van der Waals surface area contributed by atoms with Crippen molar-refractivity contribution in [3.05, 3.63) is 30.3 Å². The van der Waals surface area contributed by atoms with Gasteiger partial charge < -0.3 is 10.2 Å². The third-order valence-corrected chi connectivity index (χ3v) is 10.6. The Labute approximate surface area is 179 Å². The number of carboxylic acids is 2. The van der Waals surface area contributed by atoms with E-state index in [9.17, 15) is 0 Å². The summed E-state index contributed by atoms with van der Waals surface area (Å²) < 4.78 is 3.93. The van der Waals surface area contributed by atoms with Gasteiger partial charge in [-0.05, 0) is 0 Å². The number of carbonyl (C=O) groups is 2. The third kappa shape index (κ3) is 12.0. The standard InChI is InChI=1S/2C6H11.C6H5.2C2H4O2.H3P.Pd/c3*1-2-4-6-5-3-1;2*1-2(3)4;;/h2*1H,2-6H2;1-5H;2*1H3,(H,3,4);1H3;. The molecule has 0 saturated heterocycles. The van der Waals surface area contributed by atoms with Gasteiger partial charge in [0, 0.05) is 13.8 Å². The van der Waals surface area contributed by atoms with Gasteiger partial charge >= 0.3 is 124 Å². The van der Waals surface area contributed by atoms with E-state index in [1.807, 2.05) is 0 Å². The van der Waals surface area contributed by atoms with Crippen LogP contribution < -0.4 is 4.04 Å². The molecule has 0 aromatic heterocycles. The van der Waals surface area contributed by atoms with Crippen molar-refractivity contribution >= 4 is 25.9 Å². The van der Waals surface area contributed by atoms with E-state index in [0.717, 1.165) is 22.6 Å². The van der Waals surface area contributed by atoms with Gasteiger partial charge in [0.1, 0.15) is 0 Å². The summed E-state index contributed by atoms with van der Waals surface area (Å²) in [5.41, 5.74) is 0. The van der Waals surface area contributed by atoms with Crippen LogP contribution in [0, 0.1) is 0 Å². The van der Waals surface area contributed by atoms with E-state index < -0.39 is 28.7 Å². The van der Waals surface area contributed by atoms with Crippen molar-refractivity contribution < 1.29 is 36.6 Å². The predicted molar refractivity (Wildman–Crippen MR) is 117 cm³/mol. The first kappa shape index (κ1) is 27.3. The summed E-state index contributed by atoms with van der Waals surface area (Å²) in [6.45, 7) is 2.17. The molecule has 2 aliphatic rings. The number of carboxylic acid groups (broad SMARTS) is 2. The SMILES string of the molecule is CC(=O)O.CC(=O)O.P.c1cc[c]([Pd]([CH]2CCCCC2)[CH]2CCCCC2)cc1. The topological polar surface area (TPSA) is 74.6 Å². The summed E-state index contributed by atoms with van der Waals surface area (Å²) in [4.78, 5) is 18.0. The number of hydrogen-bond donors (Lipinski definition) is 2. The zero-order valence-corrected chi connectivity index (χ0v) is 20.3. The van der Waals surface area contributed by atoms with Gasteiger partial charge in [0.05, 0.1) is 0 Å². The fraction of sp³-hybridized carbons (Fsp3) is 0.636. The number of aliphatic carboxylic acids is 2. The number of benzene rings is 1. The second-order valence-corrected chi connectivity index (χ2v) is 11.8. The fourth-order valence-electron chi connectivity index (χ4n) is 3.48. The Hall–Kier alpha value is -0.748. The first-order valence-electron chi connectivity index (χ1n) is 9.92. The predicted octanol–water partition coefficient (Wildman–Crippen LogP) is 5.68. The van der Waals surface area contributed by atoms with Gasteiger partial charge in [-0.2, -0.15) is 9.90 Å². The Morgan fingerprint density at radius 3 is 1.39 bits per heavy atom. The van der Waals surface area contributed by atoms with Crippen LogP contribution >= 0.6 is 9.90 Å². The van der Waals surface area contributed by atoms with Gasteiger partial charge in [-0.15, -0.1) is 0 Å². The van der Waals surface area contributed by atoms with E-state index in [0.29, 0.717) is 0 Å². The maximum atomic E-state index is 9.00. The molecule has 3 rings (SSSR count). The van der Waals surface area contributed by atoms with E-state index in [4.69, 9.17) is 19.8 Å². The van der Waals surface area contributed by atoms with Gasteiger partial charge in [0.15, 0.2) is 0 Å². The average molecular weight is 504 g/mol. The van der Waals surface area contributed by atoms with E-state index in [2.05, 4.69) is 30.3 Å². The molecule has 2 fully saturated rings. The van der Waals surface area contributed by atoms with Crippen molar-refractivity contribution in [2.75, 3.05) is 0 Å². The Morgan fingerprint density at radius 1 is 0.750 bits per heavy atom. The van der Waals surface area contributed by atoms with Crippen LogP contribution in [0.5, 0.6) is 0 Å². The molecule has 0 bridgehead atoms. The second kappa shape index (κ2) is 16.1. The van der Waals surface area contributed by atoms with Gasteiger partial charge in [-0.25, -0.2) is 0 Å². The Morgan fingerprint density at radius 2 is 1.07 bits per heavy atom. The molecular weight excluding hydrogens is 466 g/mol. The van der Waals surface area contributed by atoms with Crippen molar-refractivity contribution in [3.63, 3.8) is 0 Å². The molecule has 1 aromatic rings. The molecule has 6 heteroatoms. The van der Waals surface area contributed by atoms with Crippen LogP contribution in [0.1, 0.15) is 78.1 Å². The van der Waals surface area contributed by atoms with Crippen LogP contribution in [0.4, 0.5) is 0 Å². The van der Waals surface area contributed by atoms with Crippen LogP contribution in [0.3, 0.4) is 0 Å². The summed E-state index contributed by atoms with van der Waals surface area (Å²) in [6, 6.07) is 11.6. The summed E-state index contributed by atoms with van der Waals surface area (Å²) in [5, 5.41) is 14.8. The third-order valence-electron chi connectivity index (χ3n) is 4.48. The number of hydrogen-bond acceptors (Lipinski definition) is 2. The van der Waals surface area contributed by atoms with Crippen molar-refractivity contribution in [1.29, 1.82) is 0 Å². The molecule has 1 atom stereocenters. The first-order valence-corrected chi connectivity index (χ1v) is 12.5. The van der Waals surface area contributed by atoms with Gasteiger partial charge in [-0.3, -0.25) is 9.59 Å². The zero-order chi connectivity index (χ0) is 20.1. The minimum absolute atomic E-state index is 0. The second-order valence-electron chi connectivity index (χ2n) is 6.96. The molecule has 28 heavy (non-hydrogen) atoms. The fourth-order valence-corrected chi connectivity index (χ4v) is 10.1. The van der Waals surface area contributed by atoms with Crippen molar-refractivity contribution in [3.8, 4) is 0 Å². The molecule has 2 N–H and O–H groups in total. The van der Waals surface area contributed by atoms with E-state index in [1.165, 1.54) is 64.2 Å². The van der Waals surface area contributed by atoms with E-state index in [1.54, 1.807) is 4.04 Å².